The molecule has 1 aliphatic heterocycles. The molecule has 0 spiro atoms. The average molecular weight is 242 g/mol. The van der Waals surface area contributed by atoms with E-state index in [0.29, 0.717) is 13.0 Å². The maximum atomic E-state index is 11.9. The van der Waals surface area contributed by atoms with Crippen LogP contribution < -0.4 is 10.6 Å². The number of aliphatic carboxylic acids is 1. The predicted octanol–water partition coefficient (Wildman–Crippen LogP) is 0.602. The summed E-state index contributed by atoms with van der Waals surface area (Å²) >= 11 is 0. The van der Waals surface area contributed by atoms with Crippen molar-refractivity contribution in [3.63, 3.8) is 0 Å². The summed E-state index contributed by atoms with van der Waals surface area (Å²) in [6.07, 6.45) is 2.29. The molecule has 0 saturated carbocycles. The molecule has 17 heavy (non-hydrogen) atoms. The lowest BCUT2D eigenvalue weighted by molar-refractivity contribution is -0.143. The Morgan fingerprint density at radius 2 is 2.18 bits per heavy atom. The van der Waals surface area contributed by atoms with Gasteiger partial charge in [0.2, 0.25) is 5.91 Å². The van der Waals surface area contributed by atoms with E-state index >= 15 is 0 Å². The van der Waals surface area contributed by atoms with Gasteiger partial charge >= 0.3 is 5.97 Å². The molecule has 3 N–H and O–H groups in total. The minimum absolute atomic E-state index is 0.0854. The number of hydrogen-bond acceptors (Lipinski definition) is 3. The van der Waals surface area contributed by atoms with Crippen LogP contribution >= 0.6 is 0 Å². The average Bonchev–Trinajstić information content (AvgIpc) is 2.28. The van der Waals surface area contributed by atoms with Crippen molar-refractivity contribution in [2.24, 2.45) is 11.8 Å². The zero-order chi connectivity index (χ0) is 12.8. The SMILES string of the molecule is CC(C)C[C@@H](NC(=O)[C@@H]1CCCNC1)C(=O)O. The van der Waals surface area contributed by atoms with Crippen LogP contribution in [0.15, 0.2) is 0 Å². The van der Waals surface area contributed by atoms with Crippen molar-refractivity contribution >= 4 is 11.9 Å². The fraction of sp³-hybridized carbons (Fsp3) is 0.833. The van der Waals surface area contributed by atoms with E-state index in [4.69, 9.17) is 5.11 Å². The molecule has 1 aliphatic rings. The molecule has 1 saturated heterocycles. The van der Waals surface area contributed by atoms with Gasteiger partial charge in [0, 0.05) is 6.54 Å². The maximum absolute atomic E-state index is 11.9. The Morgan fingerprint density at radius 1 is 1.47 bits per heavy atom. The molecule has 98 valence electrons. The Morgan fingerprint density at radius 3 is 2.65 bits per heavy atom. The van der Waals surface area contributed by atoms with Gasteiger partial charge in [-0.05, 0) is 31.7 Å². The second kappa shape index (κ2) is 6.59. The van der Waals surface area contributed by atoms with Crippen LogP contribution in [-0.2, 0) is 9.59 Å². The van der Waals surface area contributed by atoms with Crippen molar-refractivity contribution in [1.82, 2.24) is 10.6 Å². The Hall–Kier alpha value is -1.10. The van der Waals surface area contributed by atoms with E-state index in [0.717, 1.165) is 19.4 Å². The summed E-state index contributed by atoms with van der Waals surface area (Å²) in [5, 5.41) is 14.8. The monoisotopic (exact) mass is 242 g/mol. The van der Waals surface area contributed by atoms with Crippen LogP contribution in [0.25, 0.3) is 0 Å². The number of piperidine rings is 1. The first-order valence-electron chi connectivity index (χ1n) is 6.24. The molecule has 0 aliphatic carbocycles. The van der Waals surface area contributed by atoms with Crippen LogP contribution in [0.1, 0.15) is 33.1 Å². The Bertz CT molecular complexity index is 273. The van der Waals surface area contributed by atoms with Gasteiger partial charge in [-0.15, -0.1) is 0 Å². The highest BCUT2D eigenvalue weighted by Gasteiger charge is 2.26. The zero-order valence-corrected chi connectivity index (χ0v) is 10.5. The maximum Gasteiger partial charge on any atom is 0.326 e. The number of amides is 1. The summed E-state index contributed by atoms with van der Waals surface area (Å²) in [6.45, 7) is 5.49. The van der Waals surface area contributed by atoms with Gasteiger partial charge in [0.1, 0.15) is 6.04 Å². The zero-order valence-electron chi connectivity index (χ0n) is 10.5. The van der Waals surface area contributed by atoms with Crippen molar-refractivity contribution in [2.45, 2.75) is 39.2 Å². The van der Waals surface area contributed by atoms with Crippen LogP contribution in [0.2, 0.25) is 0 Å². The molecule has 0 aromatic carbocycles. The largest absolute Gasteiger partial charge is 0.480 e. The van der Waals surface area contributed by atoms with Crippen LogP contribution in [0, 0.1) is 11.8 Å². The molecule has 1 amide bonds. The van der Waals surface area contributed by atoms with Gasteiger partial charge in [0.15, 0.2) is 0 Å². The first kappa shape index (κ1) is 14.0. The summed E-state index contributed by atoms with van der Waals surface area (Å²) in [5.74, 6) is -0.917. The van der Waals surface area contributed by atoms with Gasteiger partial charge in [0.25, 0.3) is 0 Å². The van der Waals surface area contributed by atoms with Gasteiger partial charge in [-0.1, -0.05) is 13.8 Å². The third-order valence-electron chi connectivity index (χ3n) is 2.99. The van der Waals surface area contributed by atoms with Gasteiger partial charge in [-0.3, -0.25) is 4.79 Å². The number of carbonyl (C=O) groups is 2. The number of carbonyl (C=O) groups excluding carboxylic acids is 1. The van der Waals surface area contributed by atoms with Gasteiger partial charge in [0.05, 0.1) is 5.92 Å². The third-order valence-corrected chi connectivity index (χ3v) is 2.99. The summed E-state index contributed by atoms with van der Waals surface area (Å²) in [4.78, 5) is 22.9. The van der Waals surface area contributed by atoms with Crippen LogP contribution in [0.3, 0.4) is 0 Å². The lowest BCUT2D eigenvalue weighted by atomic mass is 9.97. The molecular weight excluding hydrogens is 220 g/mol. The molecule has 1 rings (SSSR count). The number of carboxylic acids is 1. The van der Waals surface area contributed by atoms with E-state index in [-0.39, 0.29) is 17.7 Å². The number of rotatable bonds is 5. The van der Waals surface area contributed by atoms with Gasteiger partial charge < -0.3 is 15.7 Å². The standard InChI is InChI=1S/C12H22N2O3/c1-8(2)6-10(12(16)17)14-11(15)9-4-3-5-13-7-9/h8-10,13H,3-7H2,1-2H3,(H,14,15)(H,16,17)/t9-,10-/m1/s1. The summed E-state index contributed by atoms with van der Waals surface area (Å²) in [6, 6.07) is -0.760. The molecule has 0 unspecified atom stereocenters. The van der Waals surface area contributed by atoms with Gasteiger partial charge in [-0.2, -0.15) is 0 Å². The van der Waals surface area contributed by atoms with Gasteiger partial charge in [-0.25, -0.2) is 4.79 Å². The first-order chi connectivity index (χ1) is 8.00. The Kier molecular flexibility index (Phi) is 5.41. The summed E-state index contributed by atoms with van der Waals surface area (Å²) in [7, 11) is 0. The second-order valence-electron chi connectivity index (χ2n) is 5.07. The van der Waals surface area contributed by atoms with E-state index in [1.54, 1.807) is 0 Å². The predicted molar refractivity (Wildman–Crippen MR) is 64.6 cm³/mol. The Labute approximate surface area is 102 Å². The van der Waals surface area contributed by atoms with Crippen molar-refractivity contribution in [2.75, 3.05) is 13.1 Å². The normalized spacial score (nSPS) is 22.2. The lowest BCUT2D eigenvalue weighted by Crippen LogP contribution is -2.47. The highest BCUT2D eigenvalue weighted by Crippen LogP contribution is 2.11. The molecule has 0 bridgehead atoms. The van der Waals surface area contributed by atoms with E-state index in [9.17, 15) is 9.59 Å². The topological polar surface area (TPSA) is 78.4 Å². The summed E-state index contributed by atoms with van der Waals surface area (Å²) < 4.78 is 0. The van der Waals surface area contributed by atoms with E-state index in [2.05, 4.69) is 10.6 Å². The van der Waals surface area contributed by atoms with Crippen LogP contribution in [0.4, 0.5) is 0 Å². The van der Waals surface area contributed by atoms with E-state index < -0.39 is 12.0 Å². The molecule has 1 heterocycles. The van der Waals surface area contributed by atoms with Crippen molar-refractivity contribution in [1.29, 1.82) is 0 Å². The highest BCUT2D eigenvalue weighted by molar-refractivity contribution is 5.85. The molecule has 5 heteroatoms. The summed E-state index contributed by atoms with van der Waals surface area (Å²) in [5.41, 5.74) is 0. The molecule has 1 fully saturated rings. The smallest absolute Gasteiger partial charge is 0.326 e. The van der Waals surface area contributed by atoms with E-state index in [1.807, 2.05) is 13.8 Å². The Balaban J connectivity index is 2.47. The molecule has 0 aromatic rings. The van der Waals surface area contributed by atoms with Crippen LogP contribution in [0.5, 0.6) is 0 Å². The van der Waals surface area contributed by atoms with Crippen molar-refractivity contribution in [3.05, 3.63) is 0 Å². The number of carboxylic acid groups (broad SMARTS) is 1. The quantitative estimate of drug-likeness (QED) is 0.659. The van der Waals surface area contributed by atoms with Crippen molar-refractivity contribution in [3.8, 4) is 0 Å². The third kappa shape index (κ3) is 4.73. The van der Waals surface area contributed by atoms with Crippen LogP contribution in [-0.4, -0.2) is 36.1 Å². The minimum atomic E-state index is -0.948. The molecule has 0 radical (unpaired) electrons. The molecular formula is C12H22N2O3. The number of nitrogens with one attached hydrogen (secondary N) is 2. The molecule has 2 atom stereocenters. The lowest BCUT2D eigenvalue weighted by Gasteiger charge is -2.24. The second-order valence-corrected chi connectivity index (χ2v) is 5.07. The minimum Gasteiger partial charge on any atom is -0.480 e. The fourth-order valence-electron chi connectivity index (χ4n) is 2.06. The fourth-order valence-corrected chi connectivity index (χ4v) is 2.06. The highest BCUT2D eigenvalue weighted by atomic mass is 16.4. The van der Waals surface area contributed by atoms with Crippen molar-refractivity contribution < 1.29 is 14.7 Å². The number of hydrogen-bond donors (Lipinski definition) is 3. The molecule has 5 nitrogen and oxygen atoms in total. The first-order valence-corrected chi connectivity index (χ1v) is 6.24. The van der Waals surface area contributed by atoms with E-state index in [1.165, 1.54) is 0 Å². The molecule has 0 aromatic heterocycles.